The summed E-state index contributed by atoms with van der Waals surface area (Å²) in [6.45, 7) is 3.43. The lowest BCUT2D eigenvalue weighted by Gasteiger charge is -2.33. The lowest BCUT2D eigenvalue weighted by Crippen LogP contribution is -2.47. The molecule has 0 saturated carbocycles. The number of halogens is 1. The second-order valence-electron chi connectivity index (χ2n) is 3.79. The van der Waals surface area contributed by atoms with Gasteiger partial charge in [-0.3, -0.25) is 0 Å². The van der Waals surface area contributed by atoms with E-state index in [1.807, 2.05) is 4.90 Å². The number of aliphatic hydroxyl groups excluding tert-OH is 2. The summed E-state index contributed by atoms with van der Waals surface area (Å²) in [5, 5.41) is 18.6. The summed E-state index contributed by atoms with van der Waals surface area (Å²) in [5.41, 5.74) is 0. The number of aliphatic hydroxyl groups is 2. The van der Waals surface area contributed by atoms with Crippen LogP contribution in [0.25, 0.3) is 0 Å². The highest BCUT2D eigenvalue weighted by atomic mass is 19.1. The van der Waals surface area contributed by atoms with E-state index in [9.17, 15) is 14.6 Å². The van der Waals surface area contributed by atoms with E-state index in [0.717, 1.165) is 6.54 Å². The molecule has 0 radical (unpaired) electrons. The Bertz CT molecular complexity index is 155. The van der Waals surface area contributed by atoms with Crippen molar-refractivity contribution in [2.24, 2.45) is 0 Å². The van der Waals surface area contributed by atoms with Gasteiger partial charge in [0.2, 0.25) is 0 Å². The van der Waals surface area contributed by atoms with Crippen LogP contribution in [-0.2, 0) is 0 Å². The van der Waals surface area contributed by atoms with Gasteiger partial charge in [0.15, 0.2) is 0 Å². The summed E-state index contributed by atoms with van der Waals surface area (Å²) < 4.78 is 12.5. The van der Waals surface area contributed by atoms with Gasteiger partial charge in [-0.1, -0.05) is 0 Å². The number of alkyl halides is 1. The highest BCUT2D eigenvalue weighted by Crippen LogP contribution is 2.11. The topological polar surface area (TPSA) is 43.7 Å². The fourth-order valence-electron chi connectivity index (χ4n) is 1.55. The minimum Gasteiger partial charge on any atom is -0.390 e. The summed E-state index contributed by atoms with van der Waals surface area (Å²) in [6, 6.07) is 0. The van der Waals surface area contributed by atoms with Crippen molar-refractivity contribution in [2.75, 3.05) is 19.6 Å². The van der Waals surface area contributed by atoms with Gasteiger partial charge in [-0.25, -0.2) is 4.39 Å². The van der Waals surface area contributed by atoms with Gasteiger partial charge in [0.25, 0.3) is 0 Å². The minimum atomic E-state index is -0.788. The van der Waals surface area contributed by atoms with Crippen molar-refractivity contribution < 1.29 is 14.6 Å². The Kier molecular flexibility index (Phi) is 4.09. The van der Waals surface area contributed by atoms with Crippen LogP contribution in [0.15, 0.2) is 0 Å². The third-order valence-corrected chi connectivity index (χ3v) is 2.47. The SMILES string of the molecule is CC(F)CCN1CC[C@@H](O)[C@@H](O)C1. The zero-order chi connectivity index (χ0) is 9.84. The van der Waals surface area contributed by atoms with Gasteiger partial charge in [-0.15, -0.1) is 0 Å². The number of β-amino-alcohol motifs (C(OH)–C–C–N with tert-alkyl or cyclic N) is 1. The zero-order valence-electron chi connectivity index (χ0n) is 7.99. The molecule has 78 valence electrons. The van der Waals surface area contributed by atoms with Crippen molar-refractivity contribution in [3.8, 4) is 0 Å². The molecule has 3 atom stereocenters. The lowest BCUT2D eigenvalue weighted by molar-refractivity contribution is -0.0393. The Morgan fingerprint density at radius 3 is 2.69 bits per heavy atom. The molecular weight excluding hydrogens is 173 g/mol. The molecule has 0 aromatic heterocycles. The van der Waals surface area contributed by atoms with Crippen LogP contribution >= 0.6 is 0 Å². The monoisotopic (exact) mass is 191 g/mol. The molecule has 0 bridgehead atoms. The fraction of sp³-hybridized carbons (Fsp3) is 1.00. The Balaban J connectivity index is 2.21. The van der Waals surface area contributed by atoms with E-state index in [1.165, 1.54) is 6.92 Å². The lowest BCUT2D eigenvalue weighted by atomic mass is 10.0. The number of likely N-dealkylation sites (tertiary alicyclic amines) is 1. The van der Waals surface area contributed by atoms with Crippen LogP contribution in [0.2, 0.25) is 0 Å². The second-order valence-corrected chi connectivity index (χ2v) is 3.79. The molecule has 1 saturated heterocycles. The van der Waals surface area contributed by atoms with Crippen LogP contribution in [0, 0.1) is 0 Å². The maximum absolute atomic E-state index is 12.5. The van der Waals surface area contributed by atoms with E-state index >= 15 is 0 Å². The van der Waals surface area contributed by atoms with Crippen LogP contribution in [-0.4, -0.2) is 53.1 Å². The number of nitrogens with zero attached hydrogens (tertiary/aromatic N) is 1. The van der Waals surface area contributed by atoms with Crippen LogP contribution in [0.3, 0.4) is 0 Å². The first kappa shape index (κ1) is 10.9. The number of rotatable bonds is 3. The van der Waals surface area contributed by atoms with E-state index in [-0.39, 0.29) is 0 Å². The third kappa shape index (κ3) is 3.58. The van der Waals surface area contributed by atoms with Crippen molar-refractivity contribution in [1.82, 2.24) is 4.90 Å². The van der Waals surface area contributed by atoms with Gasteiger partial charge in [0.1, 0.15) is 0 Å². The average Bonchev–Trinajstić information content (AvgIpc) is 2.07. The highest BCUT2D eigenvalue weighted by molar-refractivity contribution is 4.79. The molecule has 0 spiro atoms. The number of piperidine rings is 1. The van der Waals surface area contributed by atoms with E-state index in [0.29, 0.717) is 25.9 Å². The van der Waals surface area contributed by atoms with Gasteiger partial charge in [-0.05, 0) is 19.8 Å². The van der Waals surface area contributed by atoms with Gasteiger partial charge in [-0.2, -0.15) is 0 Å². The van der Waals surface area contributed by atoms with Gasteiger partial charge >= 0.3 is 0 Å². The van der Waals surface area contributed by atoms with Gasteiger partial charge in [0, 0.05) is 19.6 Å². The molecular formula is C9H18FNO2. The first-order chi connectivity index (χ1) is 6.09. The Labute approximate surface area is 78.2 Å². The summed E-state index contributed by atoms with van der Waals surface area (Å²) >= 11 is 0. The predicted octanol–water partition coefficient (Wildman–Crippen LogP) is 0.162. The van der Waals surface area contributed by atoms with Crippen LogP contribution in [0.5, 0.6) is 0 Å². The molecule has 13 heavy (non-hydrogen) atoms. The Hall–Kier alpha value is -0.190. The second kappa shape index (κ2) is 4.88. The molecule has 3 nitrogen and oxygen atoms in total. The van der Waals surface area contributed by atoms with Crippen LogP contribution in [0.4, 0.5) is 4.39 Å². The van der Waals surface area contributed by atoms with Crippen molar-refractivity contribution >= 4 is 0 Å². The molecule has 1 unspecified atom stereocenters. The van der Waals surface area contributed by atoms with Crippen molar-refractivity contribution in [1.29, 1.82) is 0 Å². The smallest absolute Gasteiger partial charge is 0.0985 e. The molecule has 0 amide bonds. The van der Waals surface area contributed by atoms with E-state index < -0.39 is 18.4 Å². The largest absolute Gasteiger partial charge is 0.390 e. The van der Waals surface area contributed by atoms with Crippen LogP contribution < -0.4 is 0 Å². The molecule has 0 aromatic rings. The average molecular weight is 191 g/mol. The molecule has 0 aromatic carbocycles. The van der Waals surface area contributed by atoms with Crippen molar-refractivity contribution in [3.63, 3.8) is 0 Å². The van der Waals surface area contributed by atoms with E-state index in [2.05, 4.69) is 0 Å². The molecule has 4 heteroatoms. The molecule has 1 aliphatic rings. The van der Waals surface area contributed by atoms with Gasteiger partial charge < -0.3 is 15.1 Å². The van der Waals surface area contributed by atoms with Crippen molar-refractivity contribution in [3.05, 3.63) is 0 Å². The zero-order valence-corrected chi connectivity index (χ0v) is 7.99. The van der Waals surface area contributed by atoms with E-state index in [1.54, 1.807) is 0 Å². The normalized spacial score (nSPS) is 33.2. The summed E-state index contributed by atoms with van der Waals surface area (Å²) in [5.74, 6) is 0. The molecule has 1 heterocycles. The third-order valence-electron chi connectivity index (χ3n) is 2.47. The Morgan fingerprint density at radius 1 is 1.46 bits per heavy atom. The first-order valence-electron chi connectivity index (χ1n) is 4.82. The van der Waals surface area contributed by atoms with Gasteiger partial charge in [0.05, 0.1) is 18.4 Å². The number of hydrogen-bond acceptors (Lipinski definition) is 3. The summed E-state index contributed by atoms with van der Waals surface area (Å²) in [6.07, 6.45) is -0.961. The standard InChI is InChI=1S/C9H18FNO2/c1-7(10)2-4-11-5-3-8(12)9(13)6-11/h7-9,12-13H,2-6H2,1H3/t7?,8-,9+/m1/s1. The van der Waals surface area contributed by atoms with Crippen LogP contribution in [0.1, 0.15) is 19.8 Å². The molecule has 1 rings (SSSR count). The predicted molar refractivity (Wildman–Crippen MR) is 48.3 cm³/mol. The molecule has 2 N–H and O–H groups in total. The highest BCUT2D eigenvalue weighted by Gasteiger charge is 2.25. The summed E-state index contributed by atoms with van der Waals surface area (Å²) in [4.78, 5) is 1.99. The molecule has 1 aliphatic heterocycles. The maximum atomic E-state index is 12.5. The molecule has 1 fully saturated rings. The van der Waals surface area contributed by atoms with Crippen molar-refractivity contribution in [2.45, 2.75) is 38.1 Å². The minimum absolute atomic E-state index is 0.466. The first-order valence-corrected chi connectivity index (χ1v) is 4.82. The maximum Gasteiger partial charge on any atom is 0.0985 e. The Morgan fingerprint density at radius 2 is 2.15 bits per heavy atom. The fourth-order valence-corrected chi connectivity index (χ4v) is 1.55. The quantitative estimate of drug-likeness (QED) is 0.668. The molecule has 0 aliphatic carbocycles. The van der Waals surface area contributed by atoms with E-state index in [4.69, 9.17) is 0 Å². The summed E-state index contributed by atoms with van der Waals surface area (Å²) in [7, 11) is 0. The number of hydrogen-bond donors (Lipinski definition) is 2.